The minimum Gasteiger partial charge on any atom is -0.489 e. The number of hydrogen-bond donors (Lipinski definition) is 1. The Kier molecular flexibility index (Phi) is 5.99. The summed E-state index contributed by atoms with van der Waals surface area (Å²) in [5.74, 6) is 0.987. The molecule has 2 aromatic carbocycles. The van der Waals surface area contributed by atoms with Crippen LogP contribution in [-0.4, -0.2) is 43.4 Å². The fourth-order valence-corrected chi connectivity index (χ4v) is 2.82. The zero-order chi connectivity index (χ0) is 16.6. The normalized spacial score (nSPS) is 15.2. The van der Waals surface area contributed by atoms with E-state index < -0.39 is 0 Å². The molecule has 1 aliphatic heterocycles. The topological polar surface area (TPSA) is 41.6 Å². The molecule has 2 aromatic rings. The van der Waals surface area contributed by atoms with Crippen LogP contribution in [0.25, 0.3) is 0 Å². The van der Waals surface area contributed by atoms with Crippen molar-refractivity contribution in [3.05, 3.63) is 65.7 Å². The van der Waals surface area contributed by atoms with Gasteiger partial charge in [-0.25, -0.2) is 0 Å². The molecule has 4 nitrogen and oxygen atoms in total. The summed E-state index contributed by atoms with van der Waals surface area (Å²) in [6.07, 6.45) is 0.574. The summed E-state index contributed by atoms with van der Waals surface area (Å²) in [5.41, 5.74) is 1.89. The highest BCUT2D eigenvalue weighted by Crippen LogP contribution is 2.15. The zero-order valence-corrected chi connectivity index (χ0v) is 13.9. The number of nitrogens with zero attached hydrogens (tertiary/aromatic N) is 1. The number of carbonyl (C=O) groups excluding carboxylic acids is 1. The molecule has 1 fully saturated rings. The quantitative estimate of drug-likeness (QED) is 0.795. The lowest BCUT2D eigenvalue weighted by Crippen LogP contribution is -2.44. The standard InChI is InChI=1S/C20H24N2O2/c23-20(10-13-22-14-11-21-12-15-22)18-6-8-19(9-7-18)24-16-17-4-2-1-3-5-17/h1-9,21H,10-16H2. The number of ketones is 1. The second-order valence-corrected chi connectivity index (χ2v) is 6.06. The Labute approximate surface area is 143 Å². The van der Waals surface area contributed by atoms with Crippen molar-refractivity contribution in [1.29, 1.82) is 0 Å². The van der Waals surface area contributed by atoms with Gasteiger partial charge in [0, 0.05) is 44.7 Å². The number of nitrogens with one attached hydrogen (secondary N) is 1. The molecular weight excluding hydrogens is 300 g/mol. The van der Waals surface area contributed by atoms with Crippen LogP contribution in [0, 0.1) is 0 Å². The van der Waals surface area contributed by atoms with Crippen LogP contribution in [0.1, 0.15) is 22.3 Å². The summed E-state index contributed by atoms with van der Waals surface area (Å²) >= 11 is 0. The van der Waals surface area contributed by atoms with Gasteiger partial charge in [-0.05, 0) is 29.8 Å². The number of ether oxygens (including phenoxy) is 1. The molecule has 0 radical (unpaired) electrons. The van der Waals surface area contributed by atoms with Crippen molar-refractivity contribution in [2.45, 2.75) is 13.0 Å². The number of piperazine rings is 1. The van der Waals surface area contributed by atoms with Gasteiger partial charge in [0.2, 0.25) is 0 Å². The molecule has 126 valence electrons. The van der Waals surface area contributed by atoms with E-state index in [-0.39, 0.29) is 5.78 Å². The average Bonchev–Trinajstić information content (AvgIpc) is 2.66. The molecule has 1 heterocycles. The summed E-state index contributed by atoms with van der Waals surface area (Å²) in [5, 5.41) is 3.32. The van der Waals surface area contributed by atoms with E-state index in [0.29, 0.717) is 13.0 Å². The monoisotopic (exact) mass is 324 g/mol. The molecule has 0 bridgehead atoms. The summed E-state index contributed by atoms with van der Waals surface area (Å²) in [6, 6.07) is 17.5. The van der Waals surface area contributed by atoms with Gasteiger partial charge in [-0.15, -0.1) is 0 Å². The maximum Gasteiger partial charge on any atom is 0.164 e. The van der Waals surface area contributed by atoms with Crippen molar-refractivity contribution in [2.24, 2.45) is 0 Å². The number of Topliss-reactive ketones (excluding diaryl/α,β-unsaturated/α-hetero) is 1. The van der Waals surface area contributed by atoms with Gasteiger partial charge in [0.25, 0.3) is 0 Å². The maximum atomic E-state index is 12.3. The first-order valence-electron chi connectivity index (χ1n) is 8.54. The van der Waals surface area contributed by atoms with Crippen molar-refractivity contribution in [1.82, 2.24) is 10.2 Å². The van der Waals surface area contributed by atoms with Crippen LogP contribution in [0.15, 0.2) is 54.6 Å². The third-order valence-corrected chi connectivity index (χ3v) is 4.29. The molecular formula is C20H24N2O2. The Bertz CT molecular complexity index is 634. The van der Waals surface area contributed by atoms with Gasteiger partial charge in [0.1, 0.15) is 12.4 Å². The number of carbonyl (C=O) groups is 1. The molecule has 1 aliphatic rings. The van der Waals surface area contributed by atoms with Crippen LogP contribution in [0.2, 0.25) is 0 Å². The summed E-state index contributed by atoms with van der Waals surface area (Å²) in [4.78, 5) is 14.6. The summed E-state index contributed by atoms with van der Waals surface area (Å²) in [6.45, 7) is 5.46. The number of benzene rings is 2. The van der Waals surface area contributed by atoms with Gasteiger partial charge in [-0.2, -0.15) is 0 Å². The molecule has 0 aliphatic carbocycles. The van der Waals surface area contributed by atoms with E-state index in [9.17, 15) is 4.79 Å². The molecule has 0 aromatic heterocycles. The third kappa shape index (κ3) is 4.91. The first-order chi connectivity index (χ1) is 11.8. The second-order valence-electron chi connectivity index (χ2n) is 6.06. The van der Waals surface area contributed by atoms with E-state index in [1.807, 2.05) is 54.6 Å². The Morgan fingerprint density at radius 2 is 1.71 bits per heavy atom. The largest absolute Gasteiger partial charge is 0.489 e. The number of hydrogen-bond acceptors (Lipinski definition) is 4. The zero-order valence-electron chi connectivity index (χ0n) is 13.9. The highest BCUT2D eigenvalue weighted by atomic mass is 16.5. The molecule has 1 N–H and O–H groups in total. The smallest absolute Gasteiger partial charge is 0.164 e. The van der Waals surface area contributed by atoms with E-state index in [2.05, 4.69) is 10.2 Å². The lowest BCUT2D eigenvalue weighted by Gasteiger charge is -2.26. The molecule has 4 heteroatoms. The molecule has 1 saturated heterocycles. The van der Waals surface area contributed by atoms with Gasteiger partial charge in [-0.3, -0.25) is 4.79 Å². The Hall–Kier alpha value is -2.17. The molecule has 0 amide bonds. The fraction of sp³-hybridized carbons (Fsp3) is 0.350. The fourth-order valence-electron chi connectivity index (χ4n) is 2.82. The lowest BCUT2D eigenvalue weighted by atomic mass is 10.1. The SMILES string of the molecule is O=C(CCN1CCNCC1)c1ccc(OCc2ccccc2)cc1. The Morgan fingerprint density at radius 3 is 2.42 bits per heavy atom. The summed E-state index contributed by atoms with van der Waals surface area (Å²) < 4.78 is 5.76. The molecule has 0 spiro atoms. The minimum atomic E-state index is 0.197. The first kappa shape index (κ1) is 16.7. The van der Waals surface area contributed by atoms with Crippen LogP contribution in [0.5, 0.6) is 5.75 Å². The van der Waals surface area contributed by atoms with Crippen molar-refractivity contribution in [3.63, 3.8) is 0 Å². The predicted octanol–water partition coefficient (Wildman–Crippen LogP) is 2.74. The number of rotatable bonds is 7. The van der Waals surface area contributed by atoms with E-state index in [0.717, 1.165) is 49.6 Å². The highest BCUT2D eigenvalue weighted by molar-refractivity contribution is 5.96. The van der Waals surface area contributed by atoms with Gasteiger partial charge in [0.05, 0.1) is 0 Å². The van der Waals surface area contributed by atoms with Crippen molar-refractivity contribution in [3.8, 4) is 5.75 Å². The van der Waals surface area contributed by atoms with Crippen LogP contribution in [0.3, 0.4) is 0 Å². The van der Waals surface area contributed by atoms with Crippen LogP contribution in [0.4, 0.5) is 0 Å². The van der Waals surface area contributed by atoms with E-state index in [1.54, 1.807) is 0 Å². The van der Waals surface area contributed by atoms with E-state index >= 15 is 0 Å². The van der Waals surface area contributed by atoms with Crippen LogP contribution in [-0.2, 0) is 6.61 Å². The van der Waals surface area contributed by atoms with Gasteiger partial charge in [-0.1, -0.05) is 30.3 Å². The van der Waals surface area contributed by atoms with Crippen molar-refractivity contribution >= 4 is 5.78 Å². The summed E-state index contributed by atoms with van der Waals surface area (Å²) in [7, 11) is 0. The molecule has 0 unspecified atom stereocenters. The van der Waals surface area contributed by atoms with Crippen LogP contribution < -0.4 is 10.1 Å². The third-order valence-electron chi connectivity index (χ3n) is 4.29. The minimum absolute atomic E-state index is 0.197. The first-order valence-corrected chi connectivity index (χ1v) is 8.54. The molecule has 0 saturated carbocycles. The van der Waals surface area contributed by atoms with Gasteiger partial charge < -0.3 is 15.0 Å². The second kappa shape index (κ2) is 8.62. The molecule has 24 heavy (non-hydrogen) atoms. The molecule has 0 atom stereocenters. The molecule has 3 rings (SSSR count). The van der Waals surface area contributed by atoms with Gasteiger partial charge >= 0.3 is 0 Å². The lowest BCUT2D eigenvalue weighted by molar-refractivity contribution is 0.0960. The predicted molar refractivity (Wildman–Crippen MR) is 95.5 cm³/mol. The van der Waals surface area contributed by atoms with E-state index in [1.165, 1.54) is 0 Å². The Balaban J connectivity index is 1.47. The average molecular weight is 324 g/mol. The van der Waals surface area contributed by atoms with Crippen LogP contribution >= 0.6 is 0 Å². The van der Waals surface area contributed by atoms with E-state index in [4.69, 9.17) is 4.74 Å². The highest BCUT2D eigenvalue weighted by Gasteiger charge is 2.12. The van der Waals surface area contributed by atoms with Gasteiger partial charge in [0.15, 0.2) is 5.78 Å². The van der Waals surface area contributed by atoms with Crippen molar-refractivity contribution < 1.29 is 9.53 Å². The maximum absolute atomic E-state index is 12.3. The Morgan fingerprint density at radius 1 is 1.00 bits per heavy atom. The van der Waals surface area contributed by atoms with Crippen molar-refractivity contribution in [2.75, 3.05) is 32.7 Å².